The van der Waals surface area contributed by atoms with E-state index in [2.05, 4.69) is 11.3 Å². The number of ether oxygens (including phenoxy) is 1. The van der Waals surface area contributed by atoms with Crippen LogP contribution in [0, 0.1) is 11.3 Å². The highest BCUT2D eigenvalue weighted by molar-refractivity contribution is 6.21. The minimum absolute atomic E-state index is 0.218. The van der Waals surface area contributed by atoms with Gasteiger partial charge in [0.1, 0.15) is 5.41 Å². The fourth-order valence-corrected chi connectivity index (χ4v) is 2.63. The fraction of sp³-hybridized carbons (Fsp3) is 0.600. The first-order chi connectivity index (χ1) is 10.3. The van der Waals surface area contributed by atoms with E-state index >= 15 is 0 Å². The van der Waals surface area contributed by atoms with E-state index in [0.717, 1.165) is 7.11 Å². The van der Waals surface area contributed by atoms with Crippen LogP contribution in [0.25, 0.3) is 0 Å². The number of amides is 1. The number of piperidine rings is 1. The first-order valence-electron chi connectivity index (χ1n) is 7.04. The van der Waals surface area contributed by atoms with Crippen LogP contribution < -0.4 is 0 Å². The molecule has 1 heterocycles. The van der Waals surface area contributed by atoms with E-state index in [-0.39, 0.29) is 6.42 Å². The lowest BCUT2D eigenvalue weighted by molar-refractivity contribution is -0.165. The van der Waals surface area contributed by atoms with Gasteiger partial charge in [-0.3, -0.25) is 19.2 Å². The van der Waals surface area contributed by atoms with Crippen molar-refractivity contribution < 1.29 is 29.0 Å². The normalized spacial score (nSPS) is 22.8. The standard InChI is InChI=1S/C15H21NO6/c1-4-5-8-16-9-6-7-15(2,14(16)21)11(17)10(12(18)19)13(20)22-3/h4,10H,1,5-9H2,2-3H3,(H,18,19). The van der Waals surface area contributed by atoms with Gasteiger partial charge in [0, 0.05) is 13.1 Å². The van der Waals surface area contributed by atoms with Crippen LogP contribution in [-0.2, 0) is 23.9 Å². The summed E-state index contributed by atoms with van der Waals surface area (Å²) in [5.41, 5.74) is -1.52. The highest BCUT2D eigenvalue weighted by atomic mass is 16.5. The zero-order valence-electron chi connectivity index (χ0n) is 12.8. The van der Waals surface area contributed by atoms with Gasteiger partial charge in [0.25, 0.3) is 0 Å². The Bertz CT molecular complexity index is 500. The van der Waals surface area contributed by atoms with Crippen molar-refractivity contribution in [1.82, 2.24) is 4.90 Å². The predicted molar refractivity (Wildman–Crippen MR) is 76.9 cm³/mol. The van der Waals surface area contributed by atoms with E-state index in [1.54, 1.807) is 6.08 Å². The molecule has 1 aliphatic rings. The van der Waals surface area contributed by atoms with Gasteiger partial charge in [-0.15, -0.1) is 6.58 Å². The molecule has 2 unspecified atom stereocenters. The van der Waals surface area contributed by atoms with E-state index in [9.17, 15) is 19.2 Å². The second-order valence-electron chi connectivity index (χ2n) is 5.46. The summed E-state index contributed by atoms with van der Waals surface area (Å²) in [4.78, 5) is 49.4. The Hall–Kier alpha value is -2.18. The molecule has 1 amide bonds. The SMILES string of the molecule is C=CCCN1CCCC(C)(C(=O)C(C(=O)O)C(=O)OC)C1=O. The van der Waals surface area contributed by atoms with Crippen molar-refractivity contribution in [1.29, 1.82) is 0 Å². The quantitative estimate of drug-likeness (QED) is 0.420. The molecule has 7 nitrogen and oxygen atoms in total. The molecule has 0 bridgehead atoms. The van der Waals surface area contributed by atoms with Crippen molar-refractivity contribution in [3.63, 3.8) is 0 Å². The number of esters is 1. The van der Waals surface area contributed by atoms with Gasteiger partial charge < -0.3 is 14.7 Å². The van der Waals surface area contributed by atoms with E-state index in [0.29, 0.717) is 25.9 Å². The van der Waals surface area contributed by atoms with Gasteiger partial charge in [-0.2, -0.15) is 0 Å². The molecular formula is C15H21NO6. The number of hydrogen-bond donors (Lipinski definition) is 1. The summed E-state index contributed by atoms with van der Waals surface area (Å²) in [5.74, 6) is -6.09. The van der Waals surface area contributed by atoms with Gasteiger partial charge in [-0.1, -0.05) is 6.08 Å². The van der Waals surface area contributed by atoms with E-state index < -0.39 is 35.0 Å². The largest absolute Gasteiger partial charge is 0.480 e. The lowest BCUT2D eigenvalue weighted by atomic mass is 9.73. The molecule has 0 aromatic heterocycles. The molecule has 1 aliphatic heterocycles. The average Bonchev–Trinajstić information content (AvgIpc) is 2.48. The zero-order valence-corrected chi connectivity index (χ0v) is 12.8. The van der Waals surface area contributed by atoms with Gasteiger partial charge in [-0.25, -0.2) is 0 Å². The molecule has 22 heavy (non-hydrogen) atoms. The second-order valence-corrected chi connectivity index (χ2v) is 5.46. The first-order valence-corrected chi connectivity index (χ1v) is 7.04. The summed E-state index contributed by atoms with van der Waals surface area (Å²) in [6, 6.07) is 0. The number of nitrogens with zero attached hydrogens (tertiary/aromatic N) is 1. The number of Topliss-reactive ketones (excluding diaryl/α,β-unsaturated/α-hetero) is 1. The highest BCUT2D eigenvalue weighted by Gasteiger charge is 2.52. The first kappa shape index (κ1) is 17.9. The van der Waals surface area contributed by atoms with Gasteiger partial charge in [0.15, 0.2) is 5.78 Å². The van der Waals surface area contributed by atoms with Crippen molar-refractivity contribution in [3.05, 3.63) is 12.7 Å². The lowest BCUT2D eigenvalue weighted by Crippen LogP contribution is -2.55. The molecule has 0 radical (unpaired) electrons. The monoisotopic (exact) mass is 311 g/mol. The molecule has 1 saturated heterocycles. The van der Waals surface area contributed by atoms with Crippen LogP contribution in [0.2, 0.25) is 0 Å². The number of carbonyl (C=O) groups excluding carboxylic acids is 3. The number of hydrogen-bond acceptors (Lipinski definition) is 5. The number of carboxylic acids is 1. The average molecular weight is 311 g/mol. The number of methoxy groups -OCH3 is 1. The lowest BCUT2D eigenvalue weighted by Gasteiger charge is -2.39. The van der Waals surface area contributed by atoms with Crippen LogP contribution in [0.5, 0.6) is 0 Å². The molecule has 7 heteroatoms. The van der Waals surface area contributed by atoms with Gasteiger partial charge in [0.2, 0.25) is 11.8 Å². The third-order valence-corrected chi connectivity index (χ3v) is 3.96. The van der Waals surface area contributed by atoms with Crippen molar-refractivity contribution >= 4 is 23.6 Å². The summed E-state index contributed by atoms with van der Waals surface area (Å²) in [5, 5.41) is 9.12. The summed E-state index contributed by atoms with van der Waals surface area (Å²) in [6.45, 7) is 5.91. The van der Waals surface area contributed by atoms with Gasteiger partial charge >= 0.3 is 11.9 Å². The number of likely N-dealkylation sites (tertiary alicyclic amines) is 1. The molecule has 1 fully saturated rings. The van der Waals surface area contributed by atoms with Crippen LogP contribution in [0.15, 0.2) is 12.7 Å². The zero-order chi connectivity index (χ0) is 16.9. The Kier molecular flexibility index (Phi) is 5.84. The van der Waals surface area contributed by atoms with Crippen LogP contribution in [0.3, 0.4) is 0 Å². The van der Waals surface area contributed by atoms with Crippen molar-refractivity contribution in [2.24, 2.45) is 11.3 Å². The molecular weight excluding hydrogens is 290 g/mol. The minimum atomic E-state index is -1.97. The third-order valence-electron chi connectivity index (χ3n) is 3.96. The third kappa shape index (κ3) is 3.35. The Morgan fingerprint density at radius 2 is 2.14 bits per heavy atom. The molecule has 0 aromatic carbocycles. The molecule has 0 aromatic rings. The number of aliphatic carboxylic acids is 1. The maximum atomic E-state index is 12.6. The van der Waals surface area contributed by atoms with Crippen molar-refractivity contribution in [2.45, 2.75) is 26.2 Å². The Morgan fingerprint density at radius 3 is 2.64 bits per heavy atom. The molecule has 0 aliphatic carbocycles. The number of carboxylic acid groups (broad SMARTS) is 1. The topological polar surface area (TPSA) is 101 Å². The summed E-state index contributed by atoms with van der Waals surface area (Å²) in [7, 11) is 1.01. The van der Waals surface area contributed by atoms with Crippen LogP contribution in [0.4, 0.5) is 0 Å². The fourth-order valence-electron chi connectivity index (χ4n) is 2.63. The molecule has 0 saturated carbocycles. The number of carbonyl (C=O) groups is 4. The Morgan fingerprint density at radius 1 is 1.50 bits per heavy atom. The highest BCUT2D eigenvalue weighted by Crippen LogP contribution is 2.34. The summed E-state index contributed by atoms with van der Waals surface area (Å²) < 4.78 is 4.38. The van der Waals surface area contributed by atoms with Gasteiger partial charge in [-0.05, 0) is 26.2 Å². The maximum absolute atomic E-state index is 12.6. The van der Waals surface area contributed by atoms with Crippen molar-refractivity contribution in [2.75, 3.05) is 20.2 Å². The van der Waals surface area contributed by atoms with E-state index in [1.807, 2.05) is 0 Å². The minimum Gasteiger partial charge on any atom is -0.480 e. The summed E-state index contributed by atoms with van der Waals surface area (Å²) >= 11 is 0. The predicted octanol–water partition coefficient (Wildman–Crippen LogP) is 0.634. The summed E-state index contributed by atoms with van der Waals surface area (Å²) in [6.07, 6.45) is 3.03. The van der Waals surface area contributed by atoms with Crippen LogP contribution in [0.1, 0.15) is 26.2 Å². The molecule has 1 rings (SSSR count). The van der Waals surface area contributed by atoms with Crippen LogP contribution >= 0.6 is 0 Å². The van der Waals surface area contributed by atoms with Crippen molar-refractivity contribution in [3.8, 4) is 0 Å². The van der Waals surface area contributed by atoms with E-state index in [4.69, 9.17) is 5.11 Å². The van der Waals surface area contributed by atoms with E-state index in [1.165, 1.54) is 11.8 Å². The number of rotatable bonds is 7. The number of ketones is 1. The van der Waals surface area contributed by atoms with Gasteiger partial charge in [0.05, 0.1) is 7.11 Å². The second kappa shape index (κ2) is 7.20. The molecule has 122 valence electrons. The Labute approximate surface area is 128 Å². The molecule has 1 N–H and O–H groups in total. The maximum Gasteiger partial charge on any atom is 0.327 e. The van der Waals surface area contributed by atoms with Crippen LogP contribution in [-0.4, -0.2) is 53.8 Å². The molecule has 0 spiro atoms. The Balaban J connectivity index is 3.06. The molecule has 2 atom stereocenters. The smallest absolute Gasteiger partial charge is 0.327 e.